The first-order chi connectivity index (χ1) is 12.5. The Labute approximate surface area is 154 Å². The molecule has 0 spiro atoms. The van der Waals surface area contributed by atoms with Crippen molar-refractivity contribution in [2.24, 2.45) is 5.92 Å². The van der Waals surface area contributed by atoms with Crippen LogP contribution in [0.4, 0.5) is 0 Å². The molecule has 2 rings (SSSR count). The van der Waals surface area contributed by atoms with Crippen molar-refractivity contribution in [3.8, 4) is 0 Å². The predicted molar refractivity (Wildman–Crippen MR) is 96.8 cm³/mol. The molecule has 1 N–H and O–H groups in total. The first-order valence-electron chi connectivity index (χ1n) is 9.12. The minimum Gasteiger partial charge on any atom is -0.467 e. The standard InChI is InChI=1S/C20H27NO5/c1-4-13(2)18(20(24)25-3)21-17(22)12-26-19(23)16-10-9-14-7-5-6-8-15(14)11-16/h9-11,13,18H,4-8,12H2,1-3H3,(H,21,22)/t13-,18-/m0/s1. The molecule has 1 aliphatic rings. The van der Waals surface area contributed by atoms with E-state index in [0.29, 0.717) is 12.0 Å². The number of carbonyl (C=O) groups is 3. The number of nitrogens with one attached hydrogen (secondary N) is 1. The molecule has 0 radical (unpaired) electrons. The molecule has 0 saturated carbocycles. The molecular formula is C20H27NO5. The van der Waals surface area contributed by atoms with Crippen molar-refractivity contribution >= 4 is 17.8 Å². The van der Waals surface area contributed by atoms with Crippen LogP contribution in [-0.4, -0.2) is 37.6 Å². The summed E-state index contributed by atoms with van der Waals surface area (Å²) in [5.74, 6) is -1.64. The molecule has 2 atom stereocenters. The summed E-state index contributed by atoms with van der Waals surface area (Å²) in [5.41, 5.74) is 2.91. The highest BCUT2D eigenvalue weighted by Gasteiger charge is 2.27. The zero-order valence-corrected chi connectivity index (χ0v) is 15.7. The van der Waals surface area contributed by atoms with Gasteiger partial charge in [0.25, 0.3) is 5.91 Å². The third-order valence-corrected chi connectivity index (χ3v) is 4.90. The van der Waals surface area contributed by atoms with Crippen LogP contribution in [0.2, 0.25) is 0 Å². The largest absolute Gasteiger partial charge is 0.467 e. The van der Waals surface area contributed by atoms with Crippen molar-refractivity contribution < 1.29 is 23.9 Å². The van der Waals surface area contributed by atoms with Crippen LogP contribution >= 0.6 is 0 Å². The van der Waals surface area contributed by atoms with E-state index < -0.39 is 30.5 Å². The maximum absolute atomic E-state index is 12.2. The lowest BCUT2D eigenvalue weighted by Crippen LogP contribution is -2.47. The summed E-state index contributed by atoms with van der Waals surface area (Å²) < 4.78 is 9.83. The van der Waals surface area contributed by atoms with Crippen molar-refractivity contribution in [3.05, 3.63) is 34.9 Å². The van der Waals surface area contributed by atoms with E-state index in [1.165, 1.54) is 24.7 Å². The molecule has 26 heavy (non-hydrogen) atoms. The van der Waals surface area contributed by atoms with E-state index in [2.05, 4.69) is 5.32 Å². The minimum atomic E-state index is -0.750. The summed E-state index contributed by atoms with van der Waals surface area (Å²) in [7, 11) is 1.28. The van der Waals surface area contributed by atoms with Crippen LogP contribution in [0, 0.1) is 5.92 Å². The van der Waals surface area contributed by atoms with Gasteiger partial charge in [-0.05, 0) is 54.9 Å². The monoisotopic (exact) mass is 361 g/mol. The number of fused-ring (bicyclic) bond motifs is 1. The molecule has 0 aromatic heterocycles. The fourth-order valence-corrected chi connectivity index (χ4v) is 3.09. The average molecular weight is 361 g/mol. The van der Waals surface area contributed by atoms with Gasteiger partial charge >= 0.3 is 11.9 Å². The molecule has 1 amide bonds. The summed E-state index contributed by atoms with van der Waals surface area (Å²) in [5, 5.41) is 2.58. The lowest BCUT2D eigenvalue weighted by Gasteiger charge is -2.21. The van der Waals surface area contributed by atoms with Gasteiger partial charge in [-0.1, -0.05) is 26.3 Å². The van der Waals surface area contributed by atoms with Gasteiger partial charge in [-0.15, -0.1) is 0 Å². The third kappa shape index (κ3) is 5.07. The zero-order valence-electron chi connectivity index (χ0n) is 15.7. The van der Waals surface area contributed by atoms with Gasteiger partial charge < -0.3 is 14.8 Å². The first kappa shape index (κ1) is 19.9. The minimum absolute atomic E-state index is 0.0808. The topological polar surface area (TPSA) is 81.7 Å². The van der Waals surface area contributed by atoms with E-state index in [1.54, 1.807) is 6.07 Å². The quantitative estimate of drug-likeness (QED) is 0.754. The summed E-state index contributed by atoms with van der Waals surface area (Å²) in [4.78, 5) is 36.1. The summed E-state index contributed by atoms with van der Waals surface area (Å²) >= 11 is 0. The smallest absolute Gasteiger partial charge is 0.338 e. The summed E-state index contributed by atoms with van der Waals surface area (Å²) in [6.07, 6.45) is 5.01. The molecule has 0 saturated heterocycles. The van der Waals surface area contributed by atoms with Gasteiger partial charge in [0.2, 0.25) is 0 Å². The highest BCUT2D eigenvalue weighted by atomic mass is 16.5. The SMILES string of the molecule is CC[C@H](C)[C@H](NC(=O)COC(=O)c1ccc2c(c1)CCCC2)C(=O)OC. The molecule has 1 aromatic carbocycles. The van der Waals surface area contributed by atoms with Gasteiger partial charge in [0, 0.05) is 0 Å². The van der Waals surface area contributed by atoms with Crippen molar-refractivity contribution in [2.45, 2.75) is 52.0 Å². The number of ether oxygens (including phenoxy) is 2. The molecule has 6 heteroatoms. The van der Waals surface area contributed by atoms with Gasteiger partial charge in [-0.3, -0.25) is 4.79 Å². The van der Waals surface area contributed by atoms with E-state index >= 15 is 0 Å². The van der Waals surface area contributed by atoms with Gasteiger partial charge in [-0.2, -0.15) is 0 Å². The number of carbonyl (C=O) groups excluding carboxylic acids is 3. The fraction of sp³-hybridized carbons (Fsp3) is 0.550. The Morgan fingerprint density at radius 2 is 1.85 bits per heavy atom. The number of methoxy groups -OCH3 is 1. The Balaban J connectivity index is 1.91. The Morgan fingerprint density at radius 1 is 1.15 bits per heavy atom. The maximum atomic E-state index is 12.2. The van der Waals surface area contributed by atoms with Crippen LogP contribution < -0.4 is 5.32 Å². The van der Waals surface area contributed by atoms with Crippen LogP contribution in [0.1, 0.15) is 54.6 Å². The van der Waals surface area contributed by atoms with Crippen molar-refractivity contribution in [1.82, 2.24) is 5.32 Å². The van der Waals surface area contributed by atoms with Crippen LogP contribution in [0.3, 0.4) is 0 Å². The lowest BCUT2D eigenvalue weighted by molar-refractivity contribution is -0.147. The van der Waals surface area contributed by atoms with E-state index in [4.69, 9.17) is 9.47 Å². The number of benzene rings is 1. The molecule has 1 aliphatic carbocycles. The first-order valence-corrected chi connectivity index (χ1v) is 9.12. The van der Waals surface area contributed by atoms with Crippen molar-refractivity contribution in [1.29, 1.82) is 0 Å². The molecule has 0 aliphatic heterocycles. The zero-order chi connectivity index (χ0) is 19.1. The normalized spacial score (nSPS) is 15.3. The van der Waals surface area contributed by atoms with Gasteiger partial charge in [0.1, 0.15) is 6.04 Å². The number of hydrogen-bond donors (Lipinski definition) is 1. The molecule has 1 aromatic rings. The number of rotatable bonds is 7. The van der Waals surface area contributed by atoms with Gasteiger partial charge in [0.15, 0.2) is 6.61 Å². The maximum Gasteiger partial charge on any atom is 0.338 e. The number of amides is 1. The van der Waals surface area contributed by atoms with Crippen molar-refractivity contribution in [2.75, 3.05) is 13.7 Å². The second-order valence-electron chi connectivity index (χ2n) is 6.72. The van der Waals surface area contributed by atoms with Crippen LogP contribution in [0.25, 0.3) is 0 Å². The third-order valence-electron chi connectivity index (χ3n) is 4.90. The highest BCUT2D eigenvalue weighted by Crippen LogP contribution is 2.22. The molecule has 0 heterocycles. The van der Waals surface area contributed by atoms with E-state index in [9.17, 15) is 14.4 Å². The fourth-order valence-electron chi connectivity index (χ4n) is 3.09. The number of aryl methyl sites for hydroxylation is 2. The van der Waals surface area contributed by atoms with Crippen molar-refractivity contribution in [3.63, 3.8) is 0 Å². The molecule has 0 bridgehead atoms. The Bertz CT molecular complexity index is 670. The molecule has 0 unspecified atom stereocenters. The Morgan fingerprint density at radius 3 is 2.50 bits per heavy atom. The molecule has 142 valence electrons. The number of esters is 2. The van der Waals surface area contributed by atoms with E-state index in [1.807, 2.05) is 26.0 Å². The molecule has 6 nitrogen and oxygen atoms in total. The second kappa shape index (κ2) is 9.36. The predicted octanol–water partition coefficient (Wildman–Crippen LogP) is 2.43. The second-order valence-corrected chi connectivity index (χ2v) is 6.72. The molecular weight excluding hydrogens is 334 g/mol. The van der Waals surface area contributed by atoms with E-state index in [0.717, 1.165) is 19.3 Å². The van der Waals surface area contributed by atoms with Crippen LogP contribution in [-0.2, 0) is 31.9 Å². The van der Waals surface area contributed by atoms with Gasteiger partial charge in [0.05, 0.1) is 12.7 Å². The van der Waals surface area contributed by atoms with Crippen LogP contribution in [0.5, 0.6) is 0 Å². The molecule has 0 fully saturated rings. The van der Waals surface area contributed by atoms with Gasteiger partial charge in [-0.25, -0.2) is 9.59 Å². The highest BCUT2D eigenvalue weighted by molar-refractivity contribution is 5.92. The Kier molecular flexibility index (Phi) is 7.18. The summed E-state index contributed by atoms with van der Waals surface area (Å²) in [6, 6.07) is 4.80. The van der Waals surface area contributed by atoms with Crippen LogP contribution in [0.15, 0.2) is 18.2 Å². The average Bonchev–Trinajstić information content (AvgIpc) is 2.68. The van der Waals surface area contributed by atoms with E-state index in [-0.39, 0.29) is 5.92 Å². The summed E-state index contributed by atoms with van der Waals surface area (Å²) in [6.45, 7) is 3.34. The lowest BCUT2D eigenvalue weighted by atomic mass is 9.90. The Hall–Kier alpha value is -2.37. The number of hydrogen-bond acceptors (Lipinski definition) is 5.